The Morgan fingerprint density at radius 1 is 0.982 bits per heavy atom. The fourth-order valence-corrected chi connectivity index (χ4v) is 8.16. The van der Waals surface area contributed by atoms with Crippen LogP contribution >= 0.6 is 11.6 Å². The number of halogens is 1. The minimum absolute atomic E-state index is 0.00722. The van der Waals surface area contributed by atoms with Gasteiger partial charge < -0.3 is 20.2 Å². The van der Waals surface area contributed by atoms with Crippen LogP contribution in [0.4, 0.5) is 4.79 Å². The SMILES string of the molecule is C=CCN1CC(=O)N2[C@@H](Cc3ccc(O)cc3)C(=O)N(Cc3cccc(C(Cl)C=NS(=O)(=O)c4ccc(C)cc4)c3C)C[C@@H]2N1C(=O)NCc1ccccc1. The van der Waals surface area contributed by atoms with E-state index in [-0.39, 0.29) is 61.6 Å². The number of fused-ring (bicyclic) bond motifs is 1. The third-order valence-electron chi connectivity index (χ3n) is 9.83. The van der Waals surface area contributed by atoms with Crippen molar-refractivity contribution in [3.05, 3.63) is 143 Å². The van der Waals surface area contributed by atoms with Crippen molar-refractivity contribution in [1.82, 2.24) is 25.1 Å². The second kappa shape index (κ2) is 16.9. The first kappa shape index (κ1) is 39.2. The molecule has 12 nitrogen and oxygen atoms in total. The molecule has 3 atom stereocenters. The van der Waals surface area contributed by atoms with Crippen molar-refractivity contribution in [2.24, 2.45) is 4.40 Å². The van der Waals surface area contributed by atoms with Crippen molar-refractivity contribution in [3.63, 3.8) is 0 Å². The van der Waals surface area contributed by atoms with Crippen molar-refractivity contribution in [2.75, 3.05) is 19.6 Å². The molecule has 2 fully saturated rings. The van der Waals surface area contributed by atoms with Crippen LogP contribution in [0.25, 0.3) is 0 Å². The molecule has 14 heteroatoms. The second-order valence-corrected chi connectivity index (χ2v) is 15.7. The first-order valence-corrected chi connectivity index (χ1v) is 19.7. The predicted molar refractivity (Wildman–Crippen MR) is 211 cm³/mol. The number of hydrogen-bond donors (Lipinski definition) is 2. The van der Waals surface area contributed by atoms with E-state index in [2.05, 4.69) is 16.3 Å². The molecule has 1 unspecified atom stereocenters. The third-order valence-corrected chi connectivity index (χ3v) is 11.4. The topological polar surface area (TPSA) is 143 Å². The Morgan fingerprint density at radius 3 is 2.38 bits per heavy atom. The first-order chi connectivity index (χ1) is 26.4. The maximum absolute atomic E-state index is 14.5. The highest BCUT2D eigenvalue weighted by Gasteiger charge is 2.51. The van der Waals surface area contributed by atoms with E-state index in [1.165, 1.54) is 40.4 Å². The molecule has 2 heterocycles. The number of hydrazine groups is 1. The number of phenols is 1. The zero-order chi connectivity index (χ0) is 39.3. The Labute approximate surface area is 326 Å². The van der Waals surface area contributed by atoms with E-state index >= 15 is 0 Å². The molecule has 0 bridgehead atoms. The van der Waals surface area contributed by atoms with Crippen LogP contribution in [-0.4, -0.2) is 89.2 Å². The molecule has 4 aromatic carbocycles. The summed E-state index contributed by atoms with van der Waals surface area (Å²) in [5.74, 6) is -0.546. The zero-order valence-corrected chi connectivity index (χ0v) is 32.2. The van der Waals surface area contributed by atoms with E-state index in [4.69, 9.17) is 11.6 Å². The van der Waals surface area contributed by atoms with E-state index in [9.17, 15) is 27.9 Å². The number of phenolic OH excluding ortho intramolecular Hbond substituents is 1. The quantitative estimate of drug-likeness (QED) is 0.110. The van der Waals surface area contributed by atoms with Gasteiger partial charge in [0, 0.05) is 32.3 Å². The number of sulfonamides is 1. The number of benzene rings is 4. The predicted octanol–water partition coefficient (Wildman–Crippen LogP) is 5.49. The summed E-state index contributed by atoms with van der Waals surface area (Å²) >= 11 is 6.76. The van der Waals surface area contributed by atoms with Crippen LogP contribution in [0, 0.1) is 13.8 Å². The summed E-state index contributed by atoms with van der Waals surface area (Å²) in [4.78, 5) is 45.7. The number of rotatable bonds is 12. The Kier molecular flexibility index (Phi) is 12.0. The van der Waals surface area contributed by atoms with E-state index in [1.54, 1.807) is 52.4 Å². The monoisotopic (exact) mass is 782 g/mol. The van der Waals surface area contributed by atoms with Gasteiger partial charge >= 0.3 is 6.03 Å². The number of alkyl halides is 1. The summed E-state index contributed by atoms with van der Waals surface area (Å²) in [7, 11) is -3.99. The highest BCUT2D eigenvalue weighted by molar-refractivity contribution is 7.90. The minimum atomic E-state index is -3.99. The van der Waals surface area contributed by atoms with Crippen LogP contribution < -0.4 is 5.32 Å². The van der Waals surface area contributed by atoms with Crippen LogP contribution in [0.3, 0.4) is 0 Å². The maximum Gasteiger partial charge on any atom is 0.334 e. The number of nitrogens with zero attached hydrogens (tertiary/aromatic N) is 5. The van der Waals surface area contributed by atoms with Gasteiger partial charge in [0.25, 0.3) is 10.0 Å². The van der Waals surface area contributed by atoms with Gasteiger partial charge in [-0.05, 0) is 65.9 Å². The number of urea groups is 1. The Balaban J connectivity index is 1.31. The molecule has 0 radical (unpaired) electrons. The van der Waals surface area contributed by atoms with Gasteiger partial charge in [-0.25, -0.2) is 14.8 Å². The Morgan fingerprint density at radius 2 is 1.69 bits per heavy atom. The lowest BCUT2D eigenvalue weighted by atomic mass is 9.96. The van der Waals surface area contributed by atoms with Crippen molar-refractivity contribution in [2.45, 2.75) is 55.8 Å². The minimum Gasteiger partial charge on any atom is -0.508 e. The molecule has 6 rings (SSSR count). The number of nitrogens with one attached hydrogen (secondary N) is 1. The summed E-state index contributed by atoms with van der Waals surface area (Å²) in [6.07, 6.45) is 2.09. The van der Waals surface area contributed by atoms with Crippen molar-refractivity contribution in [1.29, 1.82) is 0 Å². The lowest BCUT2D eigenvalue weighted by molar-refractivity contribution is -0.189. The molecule has 286 valence electrons. The second-order valence-electron chi connectivity index (χ2n) is 13.6. The van der Waals surface area contributed by atoms with E-state index in [0.717, 1.165) is 27.8 Å². The molecule has 2 aliphatic heterocycles. The molecule has 0 aliphatic carbocycles. The van der Waals surface area contributed by atoms with Gasteiger partial charge in [0.1, 0.15) is 18.0 Å². The molecule has 55 heavy (non-hydrogen) atoms. The van der Waals surface area contributed by atoms with Crippen LogP contribution in [0.5, 0.6) is 5.75 Å². The van der Waals surface area contributed by atoms with E-state index in [1.807, 2.05) is 50.2 Å². The summed E-state index contributed by atoms with van der Waals surface area (Å²) in [5, 5.41) is 15.2. The molecule has 2 aliphatic rings. The fourth-order valence-electron chi connectivity index (χ4n) is 6.92. The zero-order valence-electron chi connectivity index (χ0n) is 30.6. The van der Waals surface area contributed by atoms with Crippen LogP contribution in [-0.2, 0) is 39.1 Å². The fraction of sp³-hybridized carbons (Fsp3) is 0.268. The van der Waals surface area contributed by atoms with Gasteiger partial charge in [-0.15, -0.1) is 18.2 Å². The van der Waals surface area contributed by atoms with E-state index < -0.39 is 33.6 Å². The smallest absolute Gasteiger partial charge is 0.334 e. The summed E-state index contributed by atoms with van der Waals surface area (Å²) in [5.41, 5.74) is 4.63. The molecule has 0 saturated carbocycles. The van der Waals surface area contributed by atoms with Gasteiger partial charge in [0.15, 0.2) is 0 Å². The number of aromatic hydroxyl groups is 1. The number of hydrogen-bond acceptors (Lipinski definition) is 7. The van der Waals surface area contributed by atoms with Crippen molar-refractivity contribution in [3.8, 4) is 5.75 Å². The number of carbonyl (C=O) groups is 3. The molecule has 2 N–H and O–H groups in total. The number of piperazine rings is 1. The average Bonchev–Trinajstić information content (AvgIpc) is 3.17. The largest absolute Gasteiger partial charge is 0.508 e. The molecule has 0 aromatic heterocycles. The van der Waals surface area contributed by atoms with Gasteiger partial charge in [-0.1, -0.05) is 84.4 Å². The normalized spacial score (nSPS) is 18.3. The third kappa shape index (κ3) is 8.91. The molecule has 4 amide bonds. The van der Waals surface area contributed by atoms with Crippen LogP contribution in [0.1, 0.15) is 38.8 Å². The van der Waals surface area contributed by atoms with Gasteiger partial charge in [0.05, 0.1) is 23.4 Å². The molecular weight excluding hydrogens is 740 g/mol. The average molecular weight is 783 g/mol. The lowest BCUT2D eigenvalue weighted by Gasteiger charge is -2.55. The van der Waals surface area contributed by atoms with Gasteiger partial charge in [-0.3, -0.25) is 9.59 Å². The summed E-state index contributed by atoms with van der Waals surface area (Å²) in [6.45, 7) is 8.00. The highest BCUT2D eigenvalue weighted by Crippen LogP contribution is 2.32. The standard InChI is InChI=1S/C41H43ClN6O6S/c1-4-21-46-27-39(50)47-37(22-30-15-17-33(49)18-16-30)40(51)45(26-38(47)48(46)41(52)43-23-31-9-6-5-7-10-31)25-32-11-8-12-35(29(32)3)36(42)24-44-55(53,54)34-19-13-28(2)14-20-34/h4-20,24,36-38,49H,1,21-23,25-27H2,2-3H3,(H,43,52)/t36?,37-,38-/m0/s1. The molecule has 0 spiro atoms. The summed E-state index contributed by atoms with van der Waals surface area (Å²) in [6, 6.07) is 26.3. The van der Waals surface area contributed by atoms with E-state index in [0.29, 0.717) is 5.56 Å². The Bertz CT molecular complexity index is 2180. The number of carbonyl (C=O) groups excluding carboxylic acids is 3. The van der Waals surface area contributed by atoms with Crippen LogP contribution in [0.15, 0.2) is 119 Å². The number of amides is 4. The Hall–Kier alpha value is -5.50. The maximum atomic E-state index is 14.5. The number of aryl methyl sites for hydroxylation is 1. The summed E-state index contributed by atoms with van der Waals surface area (Å²) < 4.78 is 29.7. The molecule has 4 aromatic rings. The molecule has 2 saturated heterocycles. The lowest BCUT2D eigenvalue weighted by Crippen LogP contribution is -2.76. The highest BCUT2D eigenvalue weighted by atomic mass is 35.5. The van der Waals surface area contributed by atoms with Crippen molar-refractivity contribution >= 4 is 45.7 Å². The molecular formula is C41H43ClN6O6S. The van der Waals surface area contributed by atoms with Crippen molar-refractivity contribution < 1.29 is 27.9 Å². The van der Waals surface area contributed by atoms with Crippen LogP contribution in [0.2, 0.25) is 0 Å². The van der Waals surface area contributed by atoms with Gasteiger partial charge in [-0.2, -0.15) is 12.8 Å². The van der Waals surface area contributed by atoms with Gasteiger partial charge in [0.2, 0.25) is 11.8 Å². The first-order valence-electron chi connectivity index (χ1n) is 17.8.